The number of methoxy groups -OCH3 is 1. The average molecular weight is 394 g/mol. The molecule has 3 nitrogen and oxygen atoms in total. The van der Waals surface area contributed by atoms with Gasteiger partial charge in [-0.25, -0.2) is 0 Å². The van der Waals surface area contributed by atoms with E-state index in [-0.39, 0.29) is 6.42 Å². The van der Waals surface area contributed by atoms with Gasteiger partial charge in [0.25, 0.3) is 0 Å². The summed E-state index contributed by atoms with van der Waals surface area (Å²) in [6, 6.07) is 11.4. The summed E-state index contributed by atoms with van der Waals surface area (Å²) in [7, 11) is 1.61. The van der Waals surface area contributed by atoms with Crippen molar-refractivity contribution >= 4 is 0 Å². The Bertz CT molecular complexity index is 841. The SMILES string of the molecule is C/C=C(\CC)C(F)(F)F.CCc1ccc2c(c1)C(O)c1ccc(OC)cc1O2. The first-order valence-electron chi connectivity index (χ1n) is 9.14. The molecular weight excluding hydrogens is 369 g/mol. The molecule has 0 spiro atoms. The Hall–Kier alpha value is -2.47. The lowest BCUT2D eigenvalue weighted by molar-refractivity contribution is -0.0936. The number of hydrogen-bond acceptors (Lipinski definition) is 3. The molecule has 28 heavy (non-hydrogen) atoms. The molecule has 1 N–H and O–H groups in total. The summed E-state index contributed by atoms with van der Waals surface area (Å²) >= 11 is 0. The zero-order chi connectivity index (χ0) is 20.9. The molecule has 152 valence electrons. The van der Waals surface area contributed by atoms with Gasteiger partial charge in [-0.2, -0.15) is 13.2 Å². The maximum absolute atomic E-state index is 11.7. The van der Waals surface area contributed by atoms with Crippen molar-refractivity contribution in [2.75, 3.05) is 7.11 Å². The van der Waals surface area contributed by atoms with E-state index in [9.17, 15) is 18.3 Å². The van der Waals surface area contributed by atoms with Gasteiger partial charge in [0, 0.05) is 22.8 Å². The molecule has 0 fully saturated rings. The lowest BCUT2D eigenvalue weighted by Gasteiger charge is -2.25. The van der Waals surface area contributed by atoms with Crippen LogP contribution >= 0.6 is 0 Å². The van der Waals surface area contributed by atoms with Gasteiger partial charge >= 0.3 is 6.18 Å². The summed E-state index contributed by atoms with van der Waals surface area (Å²) in [6.07, 6.45) is -2.67. The van der Waals surface area contributed by atoms with Crippen LogP contribution in [0.2, 0.25) is 0 Å². The number of benzene rings is 2. The number of aliphatic hydroxyl groups excluding tert-OH is 1. The van der Waals surface area contributed by atoms with Crippen LogP contribution in [0.5, 0.6) is 17.2 Å². The van der Waals surface area contributed by atoms with Gasteiger partial charge in [0.2, 0.25) is 0 Å². The highest BCUT2D eigenvalue weighted by molar-refractivity contribution is 5.54. The van der Waals surface area contributed by atoms with Crippen molar-refractivity contribution in [1.29, 1.82) is 0 Å². The smallest absolute Gasteiger partial charge is 0.412 e. The van der Waals surface area contributed by atoms with Gasteiger partial charge in [0.1, 0.15) is 23.4 Å². The van der Waals surface area contributed by atoms with E-state index in [0.29, 0.717) is 11.5 Å². The number of halogens is 3. The van der Waals surface area contributed by atoms with Crippen molar-refractivity contribution in [2.45, 2.75) is 45.9 Å². The van der Waals surface area contributed by atoms with Crippen molar-refractivity contribution < 1.29 is 27.8 Å². The summed E-state index contributed by atoms with van der Waals surface area (Å²) in [5.41, 5.74) is 2.35. The number of fused-ring (bicyclic) bond motifs is 2. The third kappa shape index (κ3) is 4.87. The summed E-state index contributed by atoms with van der Waals surface area (Å²) in [6.45, 7) is 4.98. The molecule has 0 aliphatic carbocycles. The van der Waals surface area contributed by atoms with Crippen LogP contribution in [0.1, 0.15) is 50.0 Å². The first-order valence-corrected chi connectivity index (χ1v) is 9.14. The third-order valence-electron chi connectivity index (χ3n) is 4.61. The van der Waals surface area contributed by atoms with E-state index in [1.807, 2.05) is 30.3 Å². The van der Waals surface area contributed by atoms with Crippen molar-refractivity contribution in [2.24, 2.45) is 0 Å². The van der Waals surface area contributed by atoms with Crippen LogP contribution in [0, 0.1) is 0 Å². The summed E-state index contributed by atoms with van der Waals surface area (Å²) < 4.78 is 46.0. The number of ether oxygens (including phenoxy) is 2. The minimum Gasteiger partial charge on any atom is -0.497 e. The third-order valence-corrected chi connectivity index (χ3v) is 4.61. The van der Waals surface area contributed by atoms with E-state index in [1.165, 1.54) is 19.4 Å². The Labute approximate surface area is 163 Å². The van der Waals surface area contributed by atoms with Gasteiger partial charge in [-0.3, -0.25) is 0 Å². The minimum absolute atomic E-state index is 0.0556. The number of hydrogen-bond donors (Lipinski definition) is 1. The van der Waals surface area contributed by atoms with Crippen LogP contribution in [-0.4, -0.2) is 18.4 Å². The number of alkyl halides is 3. The molecule has 0 radical (unpaired) electrons. The van der Waals surface area contributed by atoms with Gasteiger partial charge < -0.3 is 14.6 Å². The first-order chi connectivity index (χ1) is 13.2. The maximum Gasteiger partial charge on any atom is 0.412 e. The average Bonchev–Trinajstić information content (AvgIpc) is 2.68. The molecule has 3 rings (SSSR count). The van der Waals surface area contributed by atoms with Crippen LogP contribution in [0.3, 0.4) is 0 Å². The number of aliphatic hydroxyl groups is 1. The highest BCUT2D eigenvalue weighted by atomic mass is 19.4. The van der Waals surface area contributed by atoms with E-state index in [2.05, 4.69) is 6.92 Å². The molecule has 1 aliphatic heterocycles. The maximum atomic E-state index is 11.7. The zero-order valence-corrected chi connectivity index (χ0v) is 16.4. The van der Waals surface area contributed by atoms with E-state index < -0.39 is 17.9 Å². The Balaban J connectivity index is 0.000000266. The molecule has 1 unspecified atom stereocenters. The fourth-order valence-corrected chi connectivity index (χ4v) is 2.93. The van der Waals surface area contributed by atoms with E-state index in [4.69, 9.17) is 9.47 Å². The molecule has 1 heterocycles. The van der Waals surface area contributed by atoms with Crippen LogP contribution in [0.25, 0.3) is 0 Å². The Morgan fingerprint density at radius 1 is 1.11 bits per heavy atom. The highest BCUT2D eigenvalue weighted by Crippen LogP contribution is 2.44. The van der Waals surface area contributed by atoms with Gasteiger partial charge in [0.15, 0.2) is 0 Å². The van der Waals surface area contributed by atoms with Gasteiger partial charge in [0.05, 0.1) is 7.11 Å². The molecule has 0 saturated heterocycles. The van der Waals surface area contributed by atoms with Crippen molar-refractivity contribution in [1.82, 2.24) is 0 Å². The molecule has 1 atom stereocenters. The van der Waals surface area contributed by atoms with Crippen molar-refractivity contribution in [3.05, 3.63) is 64.7 Å². The predicted molar refractivity (Wildman–Crippen MR) is 103 cm³/mol. The van der Waals surface area contributed by atoms with Gasteiger partial charge in [-0.15, -0.1) is 0 Å². The second kappa shape index (κ2) is 9.15. The fourth-order valence-electron chi connectivity index (χ4n) is 2.93. The number of aryl methyl sites for hydroxylation is 1. The summed E-state index contributed by atoms with van der Waals surface area (Å²) in [5.74, 6) is 2.09. The van der Waals surface area contributed by atoms with Gasteiger partial charge in [-0.05, 0) is 49.6 Å². The monoisotopic (exact) mass is 394 g/mol. The molecule has 0 bridgehead atoms. The predicted octanol–water partition coefficient (Wildman–Crippen LogP) is 6.35. The Morgan fingerprint density at radius 3 is 2.32 bits per heavy atom. The first kappa shape index (κ1) is 21.8. The number of allylic oxidation sites excluding steroid dienone is 2. The molecular formula is C22H25F3O3. The summed E-state index contributed by atoms with van der Waals surface area (Å²) in [5, 5.41) is 10.5. The topological polar surface area (TPSA) is 38.7 Å². The van der Waals surface area contributed by atoms with Crippen LogP contribution in [0.15, 0.2) is 48.0 Å². The standard InChI is InChI=1S/C16H16O3.C6H9F3/c1-3-10-4-7-14-13(8-10)16(17)12-6-5-11(18-2)9-15(12)19-14;1-3-5(4-2)6(7,8)9/h4-9,16-17H,3H2,1-2H3;3H,4H2,1-2H3/b;5-3+. The molecule has 0 amide bonds. The summed E-state index contributed by atoms with van der Waals surface area (Å²) in [4.78, 5) is 0. The molecule has 1 aliphatic rings. The molecule has 0 saturated carbocycles. The lowest BCUT2D eigenvalue weighted by Crippen LogP contribution is -2.10. The quantitative estimate of drug-likeness (QED) is 0.617. The van der Waals surface area contributed by atoms with E-state index in [0.717, 1.165) is 29.4 Å². The number of rotatable bonds is 3. The largest absolute Gasteiger partial charge is 0.497 e. The van der Waals surface area contributed by atoms with Gasteiger partial charge in [-0.1, -0.05) is 26.0 Å². The normalized spacial score (nSPS) is 15.6. The molecule has 2 aromatic rings. The van der Waals surface area contributed by atoms with Crippen molar-refractivity contribution in [3.8, 4) is 17.2 Å². The zero-order valence-electron chi connectivity index (χ0n) is 16.4. The lowest BCUT2D eigenvalue weighted by atomic mass is 9.95. The van der Waals surface area contributed by atoms with Crippen molar-refractivity contribution in [3.63, 3.8) is 0 Å². The van der Waals surface area contributed by atoms with E-state index in [1.54, 1.807) is 13.2 Å². The van der Waals surface area contributed by atoms with Crippen LogP contribution in [0.4, 0.5) is 13.2 Å². The Morgan fingerprint density at radius 2 is 1.82 bits per heavy atom. The second-order valence-corrected chi connectivity index (χ2v) is 6.30. The van der Waals surface area contributed by atoms with E-state index >= 15 is 0 Å². The van der Waals surface area contributed by atoms with Crippen LogP contribution < -0.4 is 9.47 Å². The highest BCUT2D eigenvalue weighted by Gasteiger charge is 2.30. The van der Waals surface area contributed by atoms with Crippen LogP contribution in [-0.2, 0) is 6.42 Å². The molecule has 2 aromatic carbocycles. The molecule has 6 heteroatoms. The Kier molecular flexibility index (Phi) is 7.13. The molecule has 0 aromatic heterocycles. The minimum atomic E-state index is -4.12. The second-order valence-electron chi connectivity index (χ2n) is 6.30. The fraction of sp³-hybridized carbons (Fsp3) is 0.364.